The molecule has 53 heavy (non-hydrogen) atoms. The van der Waals surface area contributed by atoms with Crippen LogP contribution in [0.15, 0.2) is 0 Å². The maximum atomic E-state index is 12.7. The van der Waals surface area contributed by atoms with Gasteiger partial charge in [-0.25, -0.2) is 0 Å². The summed E-state index contributed by atoms with van der Waals surface area (Å²) in [6.07, 6.45) is 41.3. The Bertz CT molecular complexity index is 796. The number of ether oxygens (including phenoxy) is 3. The average Bonchev–Trinajstić information content (AvgIpc) is 3.14. The van der Waals surface area contributed by atoms with Gasteiger partial charge in [-0.3, -0.25) is 14.4 Å². The third-order valence-electron chi connectivity index (χ3n) is 10.5. The van der Waals surface area contributed by atoms with Crippen molar-refractivity contribution < 1.29 is 28.6 Å². The second-order valence-electron chi connectivity index (χ2n) is 16.5. The van der Waals surface area contributed by atoms with E-state index in [2.05, 4.69) is 27.7 Å². The standard InChI is InChI=1S/C47H90O6/c1-5-7-9-11-12-13-14-15-16-17-18-19-20-21-22-23-28-32-36-40-47(50)53-44(41-51-45(48)38-34-29-10-8-6-2)42-52-46(49)39-35-31-27-25-24-26-30-33-37-43(3)4/h43-44H,5-42H2,1-4H3/t44-/m1/s1. The fourth-order valence-electron chi connectivity index (χ4n) is 6.98. The van der Waals surface area contributed by atoms with Crippen LogP contribution in [-0.4, -0.2) is 37.2 Å². The van der Waals surface area contributed by atoms with Crippen molar-refractivity contribution in [1.82, 2.24) is 0 Å². The Hall–Kier alpha value is -1.59. The topological polar surface area (TPSA) is 78.9 Å². The Morgan fingerprint density at radius 2 is 0.623 bits per heavy atom. The Balaban J connectivity index is 4.12. The highest BCUT2D eigenvalue weighted by atomic mass is 16.6. The van der Waals surface area contributed by atoms with Crippen molar-refractivity contribution in [3.63, 3.8) is 0 Å². The first-order chi connectivity index (χ1) is 25.9. The maximum absolute atomic E-state index is 12.7. The molecular formula is C47H90O6. The summed E-state index contributed by atoms with van der Waals surface area (Å²) in [5, 5.41) is 0. The van der Waals surface area contributed by atoms with Gasteiger partial charge < -0.3 is 14.2 Å². The van der Waals surface area contributed by atoms with Gasteiger partial charge in [-0.2, -0.15) is 0 Å². The summed E-state index contributed by atoms with van der Waals surface area (Å²) in [5.74, 6) is -0.0725. The molecule has 0 N–H and O–H groups in total. The molecule has 0 aliphatic carbocycles. The summed E-state index contributed by atoms with van der Waals surface area (Å²) in [6.45, 7) is 8.89. The minimum atomic E-state index is -0.758. The highest BCUT2D eigenvalue weighted by Gasteiger charge is 2.19. The molecule has 0 spiro atoms. The van der Waals surface area contributed by atoms with E-state index in [-0.39, 0.29) is 31.1 Å². The summed E-state index contributed by atoms with van der Waals surface area (Å²) in [4.78, 5) is 37.5. The van der Waals surface area contributed by atoms with Crippen molar-refractivity contribution in [2.75, 3.05) is 13.2 Å². The molecule has 0 aliphatic heterocycles. The highest BCUT2D eigenvalue weighted by molar-refractivity contribution is 5.71. The third kappa shape index (κ3) is 41.4. The van der Waals surface area contributed by atoms with Gasteiger partial charge >= 0.3 is 17.9 Å². The fourth-order valence-corrected chi connectivity index (χ4v) is 6.98. The molecule has 0 unspecified atom stereocenters. The third-order valence-corrected chi connectivity index (χ3v) is 10.5. The molecule has 0 fully saturated rings. The molecule has 0 saturated carbocycles. The fraction of sp³-hybridized carbons (Fsp3) is 0.936. The molecule has 0 rings (SSSR count). The van der Waals surface area contributed by atoms with E-state index < -0.39 is 6.10 Å². The summed E-state index contributed by atoms with van der Waals surface area (Å²) in [7, 11) is 0. The number of carbonyl (C=O) groups is 3. The first-order valence-corrected chi connectivity index (χ1v) is 23.4. The van der Waals surface area contributed by atoms with Crippen molar-refractivity contribution >= 4 is 17.9 Å². The van der Waals surface area contributed by atoms with Crippen LogP contribution in [0.1, 0.15) is 259 Å². The molecule has 0 bridgehead atoms. The Labute approximate surface area is 329 Å². The zero-order valence-electron chi connectivity index (χ0n) is 36.0. The van der Waals surface area contributed by atoms with Crippen LogP contribution in [-0.2, 0) is 28.6 Å². The summed E-state index contributed by atoms with van der Waals surface area (Å²) >= 11 is 0. The average molecular weight is 751 g/mol. The lowest BCUT2D eigenvalue weighted by molar-refractivity contribution is -0.167. The molecule has 0 radical (unpaired) electrons. The van der Waals surface area contributed by atoms with E-state index in [1.54, 1.807) is 0 Å². The van der Waals surface area contributed by atoms with Crippen LogP contribution in [0.4, 0.5) is 0 Å². The van der Waals surface area contributed by atoms with E-state index in [9.17, 15) is 14.4 Å². The molecule has 0 aromatic carbocycles. The number of hydrogen-bond donors (Lipinski definition) is 0. The van der Waals surface area contributed by atoms with Crippen molar-refractivity contribution in [2.45, 2.75) is 265 Å². The van der Waals surface area contributed by atoms with E-state index in [1.165, 1.54) is 148 Å². The SMILES string of the molecule is CCCCCCCCCCCCCCCCCCCCCC(=O)O[C@H](COC(=O)CCCCCCC)COC(=O)CCCCCCCCCCC(C)C. The number of carbonyl (C=O) groups excluding carboxylic acids is 3. The number of rotatable bonds is 42. The van der Waals surface area contributed by atoms with Gasteiger partial charge in [0.25, 0.3) is 0 Å². The largest absolute Gasteiger partial charge is 0.462 e. The molecule has 0 saturated heterocycles. The van der Waals surface area contributed by atoms with Crippen LogP contribution in [0.3, 0.4) is 0 Å². The van der Waals surface area contributed by atoms with E-state index in [0.717, 1.165) is 70.1 Å². The van der Waals surface area contributed by atoms with Crippen LogP contribution in [0, 0.1) is 5.92 Å². The van der Waals surface area contributed by atoms with Gasteiger partial charge in [0, 0.05) is 19.3 Å². The second-order valence-corrected chi connectivity index (χ2v) is 16.5. The van der Waals surface area contributed by atoms with E-state index >= 15 is 0 Å². The Morgan fingerprint density at radius 1 is 0.358 bits per heavy atom. The van der Waals surface area contributed by atoms with Crippen molar-refractivity contribution in [1.29, 1.82) is 0 Å². The zero-order chi connectivity index (χ0) is 38.9. The minimum Gasteiger partial charge on any atom is -0.462 e. The van der Waals surface area contributed by atoms with Crippen LogP contribution in [0.25, 0.3) is 0 Å². The van der Waals surface area contributed by atoms with Crippen LogP contribution in [0.2, 0.25) is 0 Å². The van der Waals surface area contributed by atoms with Crippen molar-refractivity contribution in [2.24, 2.45) is 5.92 Å². The molecule has 0 amide bonds. The first kappa shape index (κ1) is 51.4. The maximum Gasteiger partial charge on any atom is 0.306 e. The Morgan fingerprint density at radius 3 is 0.925 bits per heavy atom. The van der Waals surface area contributed by atoms with Crippen molar-refractivity contribution in [3.8, 4) is 0 Å². The van der Waals surface area contributed by atoms with Gasteiger partial charge in [-0.15, -0.1) is 0 Å². The highest BCUT2D eigenvalue weighted by Crippen LogP contribution is 2.16. The molecule has 0 aromatic rings. The predicted molar refractivity (Wildman–Crippen MR) is 224 cm³/mol. The number of hydrogen-bond acceptors (Lipinski definition) is 6. The number of esters is 3. The zero-order valence-corrected chi connectivity index (χ0v) is 36.0. The van der Waals surface area contributed by atoms with Gasteiger partial charge in [0.2, 0.25) is 0 Å². The van der Waals surface area contributed by atoms with Gasteiger partial charge in [-0.05, 0) is 25.2 Å². The van der Waals surface area contributed by atoms with Gasteiger partial charge in [0.1, 0.15) is 13.2 Å². The lowest BCUT2D eigenvalue weighted by atomic mass is 10.0. The number of unbranched alkanes of at least 4 members (excludes halogenated alkanes) is 29. The molecule has 0 aromatic heterocycles. The van der Waals surface area contributed by atoms with Gasteiger partial charge in [-0.1, -0.05) is 220 Å². The first-order valence-electron chi connectivity index (χ1n) is 23.4. The predicted octanol–water partition coefficient (Wildman–Crippen LogP) is 14.7. The summed E-state index contributed by atoms with van der Waals surface area (Å²) in [6, 6.07) is 0. The quantitative estimate of drug-likeness (QED) is 0.0351. The van der Waals surface area contributed by atoms with E-state index in [1.807, 2.05) is 0 Å². The molecule has 6 heteroatoms. The lowest BCUT2D eigenvalue weighted by Gasteiger charge is -2.18. The normalized spacial score (nSPS) is 11.9. The molecular weight excluding hydrogens is 661 g/mol. The van der Waals surface area contributed by atoms with Crippen LogP contribution >= 0.6 is 0 Å². The smallest absolute Gasteiger partial charge is 0.306 e. The Kier molecular flexibility index (Phi) is 40.3. The molecule has 314 valence electrons. The van der Waals surface area contributed by atoms with Crippen LogP contribution < -0.4 is 0 Å². The van der Waals surface area contributed by atoms with E-state index in [0.29, 0.717) is 19.3 Å². The monoisotopic (exact) mass is 751 g/mol. The van der Waals surface area contributed by atoms with E-state index in [4.69, 9.17) is 14.2 Å². The summed E-state index contributed by atoms with van der Waals surface area (Å²) < 4.78 is 16.6. The molecule has 6 nitrogen and oxygen atoms in total. The van der Waals surface area contributed by atoms with Crippen LogP contribution in [0.5, 0.6) is 0 Å². The molecule has 0 heterocycles. The molecule has 0 aliphatic rings. The van der Waals surface area contributed by atoms with Crippen molar-refractivity contribution in [3.05, 3.63) is 0 Å². The van der Waals surface area contributed by atoms with Gasteiger partial charge in [0.05, 0.1) is 0 Å². The summed E-state index contributed by atoms with van der Waals surface area (Å²) in [5.41, 5.74) is 0. The lowest BCUT2D eigenvalue weighted by Crippen LogP contribution is -2.30. The minimum absolute atomic E-state index is 0.0656. The molecule has 1 atom stereocenters. The second kappa shape index (κ2) is 41.6. The van der Waals surface area contributed by atoms with Gasteiger partial charge in [0.15, 0.2) is 6.10 Å².